The summed E-state index contributed by atoms with van der Waals surface area (Å²) >= 11 is 12.1. The van der Waals surface area contributed by atoms with Crippen LogP contribution >= 0.6 is 43.5 Å². The van der Waals surface area contributed by atoms with Gasteiger partial charge in [0.1, 0.15) is 11.6 Å². The first-order valence-corrected chi connectivity index (χ1v) is 7.22. The van der Waals surface area contributed by atoms with Crippen LogP contribution in [0.4, 0.5) is 8.78 Å². The number of halogens is 5. The van der Waals surface area contributed by atoms with Gasteiger partial charge in [-0.05, 0) is 49.6 Å². The van der Waals surface area contributed by atoms with Gasteiger partial charge in [0.2, 0.25) is 0 Å². The Kier molecular flexibility index (Phi) is 4.61. The van der Waals surface area contributed by atoms with Crippen LogP contribution in [-0.2, 0) is 0 Å². The van der Waals surface area contributed by atoms with Crippen LogP contribution in [-0.4, -0.2) is 0 Å². The van der Waals surface area contributed by atoms with Gasteiger partial charge in [0.05, 0.1) is 15.5 Å². The van der Waals surface area contributed by atoms with Gasteiger partial charge in [-0.25, -0.2) is 8.78 Å². The number of rotatable bonds is 2. The quantitative estimate of drug-likeness (QED) is 0.676. The summed E-state index contributed by atoms with van der Waals surface area (Å²) in [6.07, 6.45) is 0. The topological polar surface area (TPSA) is 26.0 Å². The lowest BCUT2D eigenvalue weighted by molar-refractivity contribution is 0.593. The summed E-state index contributed by atoms with van der Waals surface area (Å²) < 4.78 is 28.2. The molecule has 2 aromatic carbocycles. The van der Waals surface area contributed by atoms with Crippen LogP contribution in [0.1, 0.15) is 17.2 Å². The van der Waals surface area contributed by atoms with Gasteiger partial charge in [-0.1, -0.05) is 29.8 Å². The average molecular weight is 411 g/mol. The van der Waals surface area contributed by atoms with Gasteiger partial charge in [0, 0.05) is 10.0 Å². The summed E-state index contributed by atoms with van der Waals surface area (Å²) in [5, 5.41) is -0.0412. The predicted octanol–water partition coefficient (Wildman–Crippen LogP) is 5.19. The highest BCUT2D eigenvalue weighted by molar-refractivity contribution is 9.10. The zero-order valence-electron chi connectivity index (χ0n) is 9.43. The van der Waals surface area contributed by atoms with E-state index in [1.807, 2.05) is 0 Å². The van der Waals surface area contributed by atoms with E-state index in [-0.39, 0.29) is 15.1 Å². The van der Waals surface area contributed by atoms with Gasteiger partial charge >= 0.3 is 0 Å². The molecule has 1 atom stereocenters. The molecule has 0 aliphatic heterocycles. The van der Waals surface area contributed by atoms with Crippen molar-refractivity contribution in [1.29, 1.82) is 0 Å². The molecule has 0 heterocycles. The van der Waals surface area contributed by atoms with Crippen molar-refractivity contribution >= 4 is 43.5 Å². The Morgan fingerprint density at radius 1 is 1.05 bits per heavy atom. The van der Waals surface area contributed by atoms with Crippen molar-refractivity contribution < 1.29 is 8.78 Å². The van der Waals surface area contributed by atoms with E-state index < -0.39 is 17.7 Å². The third kappa shape index (κ3) is 2.84. The van der Waals surface area contributed by atoms with Crippen LogP contribution in [0.2, 0.25) is 5.02 Å². The van der Waals surface area contributed by atoms with Crippen molar-refractivity contribution in [2.24, 2.45) is 5.73 Å². The molecule has 0 aromatic heterocycles. The van der Waals surface area contributed by atoms with Crippen LogP contribution in [0, 0.1) is 11.6 Å². The maximum atomic E-state index is 14.1. The molecule has 2 aromatic rings. The minimum Gasteiger partial charge on any atom is -0.320 e. The number of benzene rings is 2. The van der Waals surface area contributed by atoms with Gasteiger partial charge in [-0.15, -0.1) is 0 Å². The molecule has 0 saturated heterocycles. The largest absolute Gasteiger partial charge is 0.320 e. The molecule has 0 bridgehead atoms. The van der Waals surface area contributed by atoms with Crippen LogP contribution < -0.4 is 5.73 Å². The summed E-state index contributed by atoms with van der Waals surface area (Å²) in [6.45, 7) is 0. The van der Waals surface area contributed by atoms with Crippen molar-refractivity contribution in [1.82, 2.24) is 0 Å². The first-order valence-electron chi connectivity index (χ1n) is 5.26. The number of hydrogen-bond donors (Lipinski definition) is 1. The Bertz CT molecular complexity index is 634. The van der Waals surface area contributed by atoms with Crippen molar-refractivity contribution in [3.8, 4) is 0 Å². The summed E-state index contributed by atoms with van der Waals surface area (Å²) in [5.74, 6) is -1.06. The van der Waals surface area contributed by atoms with Crippen molar-refractivity contribution in [3.63, 3.8) is 0 Å². The molecule has 0 spiro atoms. The monoisotopic (exact) mass is 409 g/mol. The van der Waals surface area contributed by atoms with Gasteiger partial charge in [-0.2, -0.15) is 0 Å². The second kappa shape index (κ2) is 5.87. The minimum atomic E-state index is -0.810. The summed E-state index contributed by atoms with van der Waals surface area (Å²) in [4.78, 5) is 0. The Labute approximate surface area is 131 Å². The molecule has 2 N–H and O–H groups in total. The van der Waals surface area contributed by atoms with Crippen molar-refractivity contribution in [3.05, 3.63) is 67.1 Å². The van der Waals surface area contributed by atoms with Crippen LogP contribution in [0.3, 0.4) is 0 Å². The molecule has 0 fully saturated rings. The van der Waals surface area contributed by atoms with E-state index in [4.69, 9.17) is 17.3 Å². The van der Waals surface area contributed by atoms with E-state index in [0.29, 0.717) is 10.0 Å². The number of hydrogen-bond acceptors (Lipinski definition) is 1. The lowest BCUT2D eigenvalue weighted by Gasteiger charge is -2.16. The Hall–Kier alpha value is -0.490. The molecular formula is C13H8Br2ClF2N. The van der Waals surface area contributed by atoms with E-state index in [1.54, 1.807) is 12.1 Å². The fourth-order valence-electron chi connectivity index (χ4n) is 1.71. The average Bonchev–Trinajstić information content (AvgIpc) is 2.39. The van der Waals surface area contributed by atoms with E-state index in [1.165, 1.54) is 18.2 Å². The maximum absolute atomic E-state index is 14.1. The third-order valence-corrected chi connectivity index (χ3v) is 4.81. The zero-order valence-corrected chi connectivity index (χ0v) is 13.4. The molecule has 19 heavy (non-hydrogen) atoms. The van der Waals surface area contributed by atoms with Crippen LogP contribution in [0.15, 0.2) is 39.3 Å². The molecule has 0 amide bonds. The minimum absolute atomic E-state index is 0.0412. The van der Waals surface area contributed by atoms with Gasteiger partial charge in [0.15, 0.2) is 0 Å². The second-order valence-corrected chi connectivity index (χ2v) is 5.91. The first-order chi connectivity index (χ1) is 8.93. The molecule has 0 aliphatic rings. The molecule has 2 rings (SSSR count). The highest BCUT2D eigenvalue weighted by Gasteiger charge is 2.20. The summed E-state index contributed by atoms with van der Waals surface area (Å²) in [5.41, 5.74) is 6.66. The van der Waals surface area contributed by atoms with Crippen molar-refractivity contribution in [2.75, 3.05) is 0 Å². The standard InChI is InChI=1S/C13H8Br2ClF2N/c14-8-5-4-7(12(18)11(8)16)13(19)6-2-1-3-9(17)10(6)15/h1-5,13H,19H2. The van der Waals surface area contributed by atoms with E-state index in [9.17, 15) is 8.78 Å². The van der Waals surface area contributed by atoms with Gasteiger partial charge in [0.25, 0.3) is 0 Å². The Morgan fingerprint density at radius 2 is 1.74 bits per heavy atom. The molecule has 0 saturated carbocycles. The number of nitrogens with two attached hydrogens (primary N) is 1. The van der Waals surface area contributed by atoms with Crippen LogP contribution in [0.25, 0.3) is 0 Å². The summed E-state index contributed by atoms with van der Waals surface area (Å²) in [7, 11) is 0. The van der Waals surface area contributed by atoms with Gasteiger partial charge in [-0.3, -0.25) is 0 Å². The first kappa shape index (κ1) is 14.9. The fraction of sp³-hybridized carbons (Fsp3) is 0.0769. The SMILES string of the molecule is NC(c1ccc(Br)c(Cl)c1F)c1cccc(F)c1Br. The highest BCUT2D eigenvalue weighted by atomic mass is 79.9. The lowest BCUT2D eigenvalue weighted by atomic mass is 9.99. The lowest BCUT2D eigenvalue weighted by Crippen LogP contribution is -2.15. The third-order valence-electron chi connectivity index (χ3n) is 2.72. The molecule has 1 unspecified atom stereocenters. The normalized spacial score (nSPS) is 12.5. The molecule has 0 aliphatic carbocycles. The van der Waals surface area contributed by atoms with Gasteiger partial charge < -0.3 is 5.73 Å². The second-order valence-electron chi connectivity index (χ2n) is 3.89. The molecule has 100 valence electrons. The predicted molar refractivity (Wildman–Crippen MR) is 79.2 cm³/mol. The summed E-state index contributed by atoms with van der Waals surface area (Å²) in [6, 6.07) is 6.77. The van der Waals surface area contributed by atoms with E-state index in [0.717, 1.165) is 0 Å². The smallest absolute Gasteiger partial charge is 0.148 e. The zero-order chi connectivity index (χ0) is 14.2. The van der Waals surface area contributed by atoms with Crippen LogP contribution in [0.5, 0.6) is 0 Å². The van der Waals surface area contributed by atoms with E-state index in [2.05, 4.69) is 31.9 Å². The molecule has 6 heteroatoms. The molecular weight excluding hydrogens is 403 g/mol. The molecule has 0 radical (unpaired) electrons. The van der Waals surface area contributed by atoms with E-state index >= 15 is 0 Å². The Morgan fingerprint density at radius 3 is 2.42 bits per heavy atom. The highest BCUT2D eigenvalue weighted by Crippen LogP contribution is 2.34. The molecule has 1 nitrogen and oxygen atoms in total. The fourth-order valence-corrected chi connectivity index (χ4v) is 2.70. The maximum Gasteiger partial charge on any atom is 0.148 e. The Balaban J connectivity index is 2.53. The van der Waals surface area contributed by atoms with Crippen molar-refractivity contribution in [2.45, 2.75) is 6.04 Å².